The summed E-state index contributed by atoms with van der Waals surface area (Å²) in [6, 6.07) is 13.4. The van der Waals surface area contributed by atoms with E-state index in [1.807, 2.05) is 49.4 Å². The van der Waals surface area contributed by atoms with Gasteiger partial charge in [-0.1, -0.05) is 22.0 Å². The second-order valence-electron chi connectivity index (χ2n) is 5.64. The van der Waals surface area contributed by atoms with Crippen molar-refractivity contribution in [3.8, 4) is 0 Å². The van der Waals surface area contributed by atoms with E-state index >= 15 is 0 Å². The summed E-state index contributed by atoms with van der Waals surface area (Å²) in [4.78, 5) is 20.3. The van der Waals surface area contributed by atoms with Crippen LogP contribution in [0.3, 0.4) is 0 Å². The van der Waals surface area contributed by atoms with Crippen LogP contribution in [0.15, 0.2) is 71.1 Å². The molecule has 0 unspecified atom stereocenters. The zero-order chi connectivity index (χ0) is 17.6. The lowest BCUT2D eigenvalue weighted by Crippen LogP contribution is -2.11. The number of nitrogens with one attached hydrogen (secondary N) is 2. The van der Waals surface area contributed by atoms with Gasteiger partial charge in [-0.25, -0.2) is 9.97 Å². The number of amides is 1. The van der Waals surface area contributed by atoms with Crippen LogP contribution in [0.4, 0.5) is 11.4 Å². The maximum atomic E-state index is 12.2. The van der Waals surface area contributed by atoms with E-state index in [4.69, 9.17) is 0 Å². The largest absolute Gasteiger partial charge is 0.381 e. The predicted molar refractivity (Wildman–Crippen MR) is 105 cm³/mol. The lowest BCUT2D eigenvalue weighted by Gasteiger charge is -2.08. The first-order valence-corrected chi connectivity index (χ1v) is 8.57. The fourth-order valence-corrected chi connectivity index (χ4v) is 2.75. The van der Waals surface area contributed by atoms with Crippen molar-refractivity contribution in [2.24, 2.45) is 0 Å². The van der Waals surface area contributed by atoms with Gasteiger partial charge in [0.1, 0.15) is 6.33 Å². The van der Waals surface area contributed by atoms with Crippen molar-refractivity contribution >= 4 is 44.1 Å². The van der Waals surface area contributed by atoms with Gasteiger partial charge in [0.05, 0.1) is 5.52 Å². The van der Waals surface area contributed by atoms with Gasteiger partial charge < -0.3 is 10.6 Å². The Bertz CT molecular complexity index is 939. The minimum atomic E-state index is -0.162. The maximum absolute atomic E-state index is 12.2. The Balaban J connectivity index is 1.60. The third kappa shape index (κ3) is 4.87. The summed E-state index contributed by atoms with van der Waals surface area (Å²) in [5, 5.41) is 7.04. The average molecular weight is 397 g/mol. The van der Waals surface area contributed by atoms with Crippen molar-refractivity contribution in [2.45, 2.75) is 6.92 Å². The van der Waals surface area contributed by atoms with Crippen LogP contribution in [0.2, 0.25) is 0 Å². The van der Waals surface area contributed by atoms with Crippen molar-refractivity contribution < 1.29 is 4.79 Å². The summed E-state index contributed by atoms with van der Waals surface area (Å²) in [6.45, 7) is 2.51. The first kappa shape index (κ1) is 17.1. The van der Waals surface area contributed by atoms with Crippen molar-refractivity contribution in [1.29, 1.82) is 0 Å². The highest BCUT2D eigenvalue weighted by molar-refractivity contribution is 9.10. The fourth-order valence-electron chi connectivity index (χ4n) is 2.36. The Labute approximate surface area is 154 Å². The molecule has 0 aliphatic heterocycles. The molecule has 0 aliphatic carbocycles. The van der Waals surface area contributed by atoms with Crippen LogP contribution in [0.5, 0.6) is 0 Å². The molecule has 2 N–H and O–H groups in total. The number of fused-ring (bicyclic) bond motifs is 1. The lowest BCUT2D eigenvalue weighted by molar-refractivity contribution is -0.111. The van der Waals surface area contributed by atoms with Gasteiger partial charge in [0.2, 0.25) is 5.91 Å². The molecule has 1 heterocycles. The Kier molecular flexibility index (Phi) is 5.40. The molecule has 3 aromatic rings. The number of carbonyl (C=O) groups is 1. The molecule has 6 heteroatoms. The molecule has 5 nitrogen and oxygen atoms in total. The van der Waals surface area contributed by atoms with Crippen LogP contribution in [0.25, 0.3) is 10.9 Å². The Morgan fingerprint density at radius 1 is 1.20 bits per heavy atom. The van der Waals surface area contributed by atoms with Gasteiger partial charge in [0.25, 0.3) is 0 Å². The highest BCUT2D eigenvalue weighted by Crippen LogP contribution is 2.17. The molecule has 0 radical (unpaired) electrons. The highest BCUT2D eigenvalue weighted by Gasteiger charge is 2.02. The molecule has 1 amide bonds. The van der Waals surface area contributed by atoms with Crippen molar-refractivity contribution in [2.75, 3.05) is 17.2 Å². The summed E-state index contributed by atoms with van der Waals surface area (Å²) in [6.07, 6.45) is 4.82. The number of hydrogen-bond acceptors (Lipinski definition) is 4. The molecule has 3 rings (SSSR count). The zero-order valence-corrected chi connectivity index (χ0v) is 15.2. The molecule has 0 saturated carbocycles. The van der Waals surface area contributed by atoms with Gasteiger partial charge in [-0.15, -0.1) is 0 Å². The van der Waals surface area contributed by atoms with E-state index < -0.39 is 0 Å². The molecule has 0 saturated heterocycles. The number of carbonyl (C=O) groups excluding carboxylic acids is 1. The molecule has 2 aromatic carbocycles. The van der Waals surface area contributed by atoms with Crippen LogP contribution >= 0.6 is 15.9 Å². The summed E-state index contributed by atoms with van der Waals surface area (Å²) in [5.41, 5.74) is 3.49. The number of aromatic nitrogens is 2. The van der Waals surface area contributed by atoms with Crippen molar-refractivity contribution in [3.63, 3.8) is 0 Å². The van der Waals surface area contributed by atoms with Crippen LogP contribution in [0, 0.1) is 0 Å². The SMILES string of the molecule is CC(=CC(=O)Nc1ccc2ncncc2c1)CNc1cccc(Br)c1. The number of rotatable bonds is 5. The molecule has 0 atom stereocenters. The smallest absolute Gasteiger partial charge is 0.248 e. The molecular weight excluding hydrogens is 380 g/mol. The standard InChI is InChI=1S/C19H17BrN4O/c1-13(10-22-16-4-2-3-15(20)9-16)7-19(25)24-17-5-6-18-14(8-17)11-21-12-23-18/h2-9,11-12,22H,10H2,1H3,(H,24,25). The summed E-state index contributed by atoms with van der Waals surface area (Å²) < 4.78 is 1.01. The summed E-state index contributed by atoms with van der Waals surface area (Å²) in [7, 11) is 0. The number of halogens is 1. The number of hydrogen-bond donors (Lipinski definition) is 2. The van der Waals surface area contributed by atoms with Crippen LogP contribution < -0.4 is 10.6 Å². The number of benzene rings is 2. The van der Waals surface area contributed by atoms with E-state index in [0.717, 1.165) is 32.3 Å². The Morgan fingerprint density at radius 3 is 2.92 bits per heavy atom. The van der Waals surface area contributed by atoms with E-state index in [2.05, 4.69) is 36.5 Å². The fraction of sp³-hybridized carbons (Fsp3) is 0.105. The van der Waals surface area contributed by atoms with Crippen LogP contribution in [0.1, 0.15) is 6.92 Å². The maximum Gasteiger partial charge on any atom is 0.248 e. The van der Waals surface area contributed by atoms with Gasteiger partial charge in [-0.3, -0.25) is 4.79 Å². The molecular formula is C19H17BrN4O. The van der Waals surface area contributed by atoms with Gasteiger partial charge in [-0.05, 0) is 48.9 Å². The normalized spacial score (nSPS) is 11.4. The van der Waals surface area contributed by atoms with Crippen molar-refractivity contribution in [3.05, 3.63) is 71.1 Å². The summed E-state index contributed by atoms with van der Waals surface area (Å²) >= 11 is 3.44. The molecule has 0 bridgehead atoms. The Hall–Kier alpha value is -2.73. The Morgan fingerprint density at radius 2 is 2.08 bits per heavy atom. The molecule has 0 spiro atoms. The van der Waals surface area contributed by atoms with E-state index in [1.54, 1.807) is 12.3 Å². The quantitative estimate of drug-likeness (QED) is 0.627. The van der Waals surface area contributed by atoms with E-state index in [9.17, 15) is 4.79 Å². The molecule has 126 valence electrons. The third-order valence-corrected chi connectivity index (χ3v) is 4.04. The van der Waals surface area contributed by atoms with Gasteiger partial charge in [-0.2, -0.15) is 0 Å². The number of nitrogens with zero attached hydrogens (tertiary/aromatic N) is 2. The lowest BCUT2D eigenvalue weighted by atomic mass is 10.2. The monoisotopic (exact) mass is 396 g/mol. The predicted octanol–water partition coefficient (Wildman–Crippen LogP) is 4.39. The first-order valence-electron chi connectivity index (χ1n) is 7.77. The van der Waals surface area contributed by atoms with Gasteiger partial charge >= 0.3 is 0 Å². The van der Waals surface area contributed by atoms with Gasteiger partial charge in [0, 0.05) is 40.1 Å². The zero-order valence-electron chi connectivity index (χ0n) is 13.7. The number of anilines is 2. The molecule has 25 heavy (non-hydrogen) atoms. The topological polar surface area (TPSA) is 66.9 Å². The van der Waals surface area contributed by atoms with E-state index in [1.165, 1.54) is 6.33 Å². The minimum Gasteiger partial charge on any atom is -0.381 e. The summed E-state index contributed by atoms with van der Waals surface area (Å²) in [5.74, 6) is -0.162. The molecule has 0 aliphatic rings. The van der Waals surface area contributed by atoms with Crippen LogP contribution in [-0.4, -0.2) is 22.4 Å². The molecule has 0 fully saturated rings. The van der Waals surface area contributed by atoms with Crippen LogP contribution in [-0.2, 0) is 4.79 Å². The second kappa shape index (κ2) is 7.90. The van der Waals surface area contributed by atoms with Crippen molar-refractivity contribution in [1.82, 2.24) is 9.97 Å². The first-order chi connectivity index (χ1) is 12.1. The minimum absolute atomic E-state index is 0.162. The van der Waals surface area contributed by atoms with E-state index in [0.29, 0.717) is 6.54 Å². The van der Waals surface area contributed by atoms with E-state index in [-0.39, 0.29) is 5.91 Å². The third-order valence-electron chi connectivity index (χ3n) is 3.55. The molecule has 1 aromatic heterocycles. The average Bonchev–Trinajstić information content (AvgIpc) is 2.60. The van der Waals surface area contributed by atoms with Gasteiger partial charge in [0.15, 0.2) is 0 Å². The highest BCUT2D eigenvalue weighted by atomic mass is 79.9. The second-order valence-corrected chi connectivity index (χ2v) is 6.56.